The molecule has 1 aromatic heterocycles. The van der Waals surface area contributed by atoms with E-state index in [2.05, 4.69) is 22.4 Å². The number of hydrogen-bond donors (Lipinski definition) is 1. The average molecular weight is 237 g/mol. The molecule has 0 bridgehead atoms. The van der Waals surface area contributed by atoms with Crippen LogP contribution in [0.15, 0.2) is 4.52 Å². The van der Waals surface area contributed by atoms with Crippen LogP contribution in [0.25, 0.3) is 0 Å². The number of methoxy groups -OCH3 is 1. The van der Waals surface area contributed by atoms with Crippen LogP contribution in [0.1, 0.15) is 50.4 Å². The van der Waals surface area contributed by atoms with Crippen molar-refractivity contribution in [3.05, 3.63) is 11.7 Å². The predicted molar refractivity (Wildman–Crippen MR) is 61.4 cm³/mol. The van der Waals surface area contributed by atoms with Crippen LogP contribution in [0, 0.1) is 5.92 Å². The van der Waals surface area contributed by atoms with E-state index in [1.807, 2.05) is 0 Å². The van der Waals surface area contributed by atoms with Gasteiger partial charge in [-0.3, -0.25) is 0 Å². The van der Waals surface area contributed by atoms with Crippen molar-refractivity contribution in [3.8, 4) is 0 Å². The first kappa shape index (κ1) is 11.2. The molecule has 5 heteroatoms. The number of rotatable bonds is 4. The van der Waals surface area contributed by atoms with Crippen molar-refractivity contribution in [1.29, 1.82) is 0 Å². The molecule has 1 aromatic rings. The highest BCUT2D eigenvalue weighted by molar-refractivity contribution is 5.07. The van der Waals surface area contributed by atoms with Crippen LogP contribution in [0.3, 0.4) is 0 Å². The Kier molecular flexibility index (Phi) is 2.67. The van der Waals surface area contributed by atoms with Crippen molar-refractivity contribution in [2.24, 2.45) is 5.92 Å². The standard InChI is InChI=1S/C12H19N3O2/c1-12(6-3-7-13-12)11-14-10(15-17-11)9(16-2)8-4-5-8/h8-9,13H,3-7H2,1-2H3. The first-order valence-corrected chi connectivity index (χ1v) is 6.35. The second-order valence-electron chi connectivity index (χ2n) is 5.31. The maximum absolute atomic E-state index is 5.46. The molecule has 0 aromatic carbocycles. The van der Waals surface area contributed by atoms with Gasteiger partial charge < -0.3 is 14.6 Å². The van der Waals surface area contributed by atoms with Gasteiger partial charge in [0, 0.05) is 7.11 Å². The summed E-state index contributed by atoms with van der Waals surface area (Å²) in [5.41, 5.74) is -0.146. The lowest BCUT2D eigenvalue weighted by molar-refractivity contribution is 0.0751. The molecule has 2 fully saturated rings. The Balaban J connectivity index is 1.81. The summed E-state index contributed by atoms with van der Waals surface area (Å²) in [6.45, 7) is 3.14. The van der Waals surface area contributed by atoms with Gasteiger partial charge in [-0.1, -0.05) is 5.16 Å². The fraction of sp³-hybridized carbons (Fsp3) is 0.833. The van der Waals surface area contributed by atoms with Crippen LogP contribution in [-0.2, 0) is 10.3 Å². The molecular formula is C12H19N3O2. The molecule has 1 aliphatic heterocycles. The molecule has 0 spiro atoms. The summed E-state index contributed by atoms with van der Waals surface area (Å²) in [4.78, 5) is 4.53. The van der Waals surface area contributed by atoms with E-state index in [0.717, 1.165) is 19.4 Å². The summed E-state index contributed by atoms with van der Waals surface area (Å²) in [6, 6.07) is 0. The Morgan fingerprint density at radius 2 is 2.35 bits per heavy atom. The van der Waals surface area contributed by atoms with Gasteiger partial charge in [-0.15, -0.1) is 0 Å². The van der Waals surface area contributed by atoms with Gasteiger partial charge in [0.2, 0.25) is 11.7 Å². The van der Waals surface area contributed by atoms with E-state index in [1.165, 1.54) is 12.8 Å². The van der Waals surface area contributed by atoms with Crippen molar-refractivity contribution >= 4 is 0 Å². The monoisotopic (exact) mass is 237 g/mol. The van der Waals surface area contributed by atoms with Gasteiger partial charge in [-0.05, 0) is 45.1 Å². The van der Waals surface area contributed by atoms with Gasteiger partial charge in [-0.25, -0.2) is 0 Å². The van der Waals surface area contributed by atoms with E-state index in [0.29, 0.717) is 17.6 Å². The molecule has 94 valence electrons. The van der Waals surface area contributed by atoms with E-state index >= 15 is 0 Å². The van der Waals surface area contributed by atoms with Gasteiger partial charge in [0.15, 0.2) is 0 Å². The van der Waals surface area contributed by atoms with Crippen molar-refractivity contribution in [2.75, 3.05) is 13.7 Å². The molecule has 1 saturated heterocycles. The van der Waals surface area contributed by atoms with Crippen molar-refractivity contribution in [3.63, 3.8) is 0 Å². The minimum atomic E-state index is -0.146. The van der Waals surface area contributed by atoms with Crippen molar-refractivity contribution in [1.82, 2.24) is 15.5 Å². The van der Waals surface area contributed by atoms with Crippen LogP contribution < -0.4 is 5.32 Å². The molecule has 2 heterocycles. The fourth-order valence-corrected chi connectivity index (χ4v) is 2.56. The molecule has 1 saturated carbocycles. The Bertz CT molecular complexity index is 394. The van der Waals surface area contributed by atoms with E-state index < -0.39 is 0 Å². The van der Waals surface area contributed by atoms with E-state index in [-0.39, 0.29) is 11.6 Å². The van der Waals surface area contributed by atoms with Crippen molar-refractivity contribution in [2.45, 2.75) is 44.2 Å². The van der Waals surface area contributed by atoms with Gasteiger partial charge in [-0.2, -0.15) is 4.98 Å². The number of hydrogen-bond acceptors (Lipinski definition) is 5. The molecule has 2 unspecified atom stereocenters. The molecule has 2 atom stereocenters. The lowest BCUT2D eigenvalue weighted by atomic mass is 10.0. The number of ether oxygens (including phenoxy) is 1. The summed E-state index contributed by atoms with van der Waals surface area (Å²) in [6.07, 6.45) is 4.63. The SMILES string of the molecule is COC(c1noc(C2(C)CCCN2)n1)C1CC1. The van der Waals surface area contributed by atoms with Crippen LogP contribution in [-0.4, -0.2) is 23.8 Å². The lowest BCUT2D eigenvalue weighted by Crippen LogP contribution is -2.33. The zero-order valence-electron chi connectivity index (χ0n) is 10.4. The minimum Gasteiger partial charge on any atom is -0.373 e. The maximum Gasteiger partial charge on any atom is 0.246 e. The van der Waals surface area contributed by atoms with Gasteiger partial charge in [0.1, 0.15) is 6.10 Å². The third-order valence-corrected chi connectivity index (χ3v) is 3.84. The van der Waals surface area contributed by atoms with Gasteiger partial charge >= 0.3 is 0 Å². The van der Waals surface area contributed by atoms with Gasteiger partial charge in [0.05, 0.1) is 5.54 Å². The zero-order valence-corrected chi connectivity index (χ0v) is 10.4. The maximum atomic E-state index is 5.46. The van der Waals surface area contributed by atoms with E-state index in [4.69, 9.17) is 9.26 Å². The summed E-state index contributed by atoms with van der Waals surface area (Å²) in [5, 5.41) is 7.51. The Morgan fingerprint density at radius 3 is 2.94 bits per heavy atom. The largest absolute Gasteiger partial charge is 0.373 e. The molecule has 3 rings (SSSR count). The predicted octanol–water partition coefficient (Wildman–Crippen LogP) is 1.77. The van der Waals surface area contributed by atoms with Crippen molar-refractivity contribution < 1.29 is 9.26 Å². The number of nitrogens with zero attached hydrogens (tertiary/aromatic N) is 2. The van der Waals surface area contributed by atoms with Crippen LogP contribution >= 0.6 is 0 Å². The number of aromatic nitrogens is 2. The lowest BCUT2D eigenvalue weighted by Gasteiger charge is -2.18. The third-order valence-electron chi connectivity index (χ3n) is 3.84. The first-order chi connectivity index (χ1) is 8.23. The third kappa shape index (κ3) is 1.98. The average Bonchev–Trinajstić information content (AvgIpc) is 2.86. The second kappa shape index (κ2) is 4.07. The summed E-state index contributed by atoms with van der Waals surface area (Å²) in [5.74, 6) is 1.99. The highest BCUT2D eigenvalue weighted by atomic mass is 16.5. The summed E-state index contributed by atoms with van der Waals surface area (Å²) < 4.78 is 10.9. The molecule has 5 nitrogen and oxygen atoms in total. The molecule has 2 aliphatic rings. The van der Waals surface area contributed by atoms with Gasteiger partial charge in [0.25, 0.3) is 0 Å². The molecule has 1 aliphatic carbocycles. The smallest absolute Gasteiger partial charge is 0.246 e. The molecule has 1 N–H and O–H groups in total. The topological polar surface area (TPSA) is 60.2 Å². The summed E-state index contributed by atoms with van der Waals surface area (Å²) >= 11 is 0. The summed E-state index contributed by atoms with van der Waals surface area (Å²) in [7, 11) is 1.72. The first-order valence-electron chi connectivity index (χ1n) is 6.35. The molecule has 0 radical (unpaired) electrons. The molecule has 17 heavy (non-hydrogen) atoms. The highest BCUT2D eigenvalue weighted by Gasteiger charge is 2.39. The molecular weight excluding hydrogens is 218 g/mol. The Hall–Kier alpha value is -0.940. The highest BCUT2D eigenvalue weighted by Crippen LogP contribution is 2.42. The zero-order chi connectivity index (χ0) is 11.9. The van der Waals surface area contributed by atoms with E-state index in [1.54, 1.807) is 7.11 Å². The fourth-order valence-electron chi connectivity index (χ4n) is 2.56. The van der Waals surface area contributed by atoms with E-state index in [9.17, 15) is 0 Å². The Morgan fingerprint density at radius 1 is 1.53 bits per heavy atom. The number of nitrogens with one attached hydrogen (secondary N) is 1. The van der Waals surface area contributed by atoms with Crippen LogP contribution in [0.2, 0.25) is 0 Å². The normalized spacial score (nSPS) is 30.7. The van der Waals surface area contributed by atoms with Crippen LogP contribution in [0.4, 0.5) is 0 Å². The minimum absolute atomic E-state index is 0.0116. The Labute approximate surface area is 101 Å². The quantitative estimate of drug-likeness (QED) is 0.864. The second-order valence-corrected chi connectivity index (χ2v) is 5.31. The molecule has 0 amide bonds. The van der Waals surface area contributed by atoms with Crippen LogP contribution in [0.5, 0.6) is 0 Å².